The van der Waals surface area contributed by atoms with E-state index in [0.29, 0.717) is 28.5 Å². The largest absolute Gasteiger partial charge is 0.460 e. The first-order valence-corrected chi connectivity index (χ1v) is 12.1. The molecule has 1 aromatic carbocycles. The highest BCUT2D eigenvalue weighted by Crippen LogP contribution is 2.43. The fraction of sp³-hybridized carbons (Fsp3) is 0.500. The molecule has 0 fully saturated rings. The first-order valence-electron chi connectivity index (χ1n) is 10.2. The molecule has 0 radical (unpaired) electrons. The number of hydrogen-bond donors (Lipinski definition) is 2. The second kappa shape index (κ2) is 10.5. The van der Waals surface area contributed by atoms with Crippen LogP contribution in [0.1, 0.15) is 65.4 Å². The van der Waals surface area contributed by atoms with E-state index >= 15 is 0 Å². The summed E-state index contributed by atoms with van der Waals surface area (Å²) < 4.78 is 34.8. The van der Waals surface area contributed by atoms with Crippen LogP contribution in [0.2, 0.25) is 5.02 Å². The van der Waals surface area contributed by atoms with E-state index in [1.165, 1.54) is 0 Å². The van der Waals surface area contributed by atoms with Crippen LogP contribution in [0.5, 0.6) is 0 Å². The highest BCUT2D eigenvalue weighted by molar-refractivity contribution is 7.93. The standard InChI is InChI=1S/C22H31ClN2O4S/c1-6-7-10-13-24-30(27,28)21-16(5)25-15(4)19(22(26)29-14(2)3)20(21)17-11-8-9-12-18(17)23/h8-9,11-12,14,20,24-25H,6-7,10,13H2,1-5H3. The van der Waals surface area contributed by atoms with Crippen LogP contribution in [0.3, 0.4) is 0 Å². The summed E-state index contributed by atoms with van der Waals surface area (Å²) in [6, 6.07) is 6.98. The number of unbranched alkanes of at least 4 members (excludes halogenated alkanes) is 2. The average molecular weight is 455 g/mol. The van der Waals surface area contributed by atoms with Gasteiger partial charge in [0.2, 0.25) is 10.0 Å². The normalized spacial score (nSPS) is 17.4. The van der Waals surface area contributed by atoms with Crippen LogP contribution in [0.25, 0.3) is 0 Å². The molecule has 6 nitrogen and oxygen atoms in total. The first-order chi connectivity index (χ1) is 14.1. The minimum Gasteiger partial charge on any atom is -0.460 e. The predicted molar refractivity (Wildman–Crippen MR) is 120 cm³/mol. The molecule has 0 bridgehead atoms. The highest BCUT2D eigenvalue weighted by atomic mass is 35.5. The quantitative estimate of drug-likeness (QED) is 0.421. The minimum atomic E-state index is -3.88. The van der Waals surface area contributed by atoms with E-state index in [0.717, 1.165) is 19.3 Å². The summed E-state index contributed by atoms with van der Waals surface area (Å²) >= 11 is 6.46. The maximum absolute atomic E-state index is 13.3. The molecule has 0 saturated heterocycles. The minimum absolute atomic E-state index is 0.0911. The average Bonchev–Trinajstić information content (AvgIpc) is 2.64. The number of sulfonamides is 1. The van der Waals surface area contributed by atoms with E-state index in [2.05, 4.69) is 17.0 Å². The van der Waals surface area contributed by atoms with Crippen molar-refractivity contribution in [2.24, 2.45) is 0 Å². The Kier molecular flexibility index (Phi) is 8.52. The van der Waals surface area contributed by atoms with Crippen molar-refractivity contribution in [1.82, 2.24) is 10.0 Å². The lowest BCUT2D eigenvalue weighted by molar-refractivity contribution is -0.143. The fourth-order valence-electron chi connectivity index (χ4n) is 3.54. The lowest BCUT2D eigenvalue weighted by atomic mass is 9.86. The molecule has 0 saturated carbocycles. The Balaban J connectivity index is 2.60. The lowest BCUT2D eigenvalue weighted by Gasteiger charge is -2.32. The molecule has 1 atom stereocenters. The molecular weight excluding hydrogens is 424 g/mol. The highest BCUT2D eigenvalue weighted by Gasteiger charge is 2.40. The molecule has 1 aliphatic rings. The van der Waals surface area contributed by atoms with Crippen molar-refractivity contribution in [3.8, 4) is 0 Å². The van der Waals surface area contributed by atoms with Crippen LogP contribution in [0.15, 0.2) is 46.1 Å². The molecule has 1 unspecified atom stereocenters. The SMILES string of the molecule is CCCCCNS(=O)(=O)C1=C(C)NC(C)=C(C(=O)OC(C)C)C1c1ccccc1Cl. The topological polar surface area (TPSA) is 84.5 Å². The van der Waals surface area contributed by atoms with Gasteiger partial charge in [-0.25, -0.2) is 17.9 Å². The van der Waals surface area contributed by atoms with E-state index in [1.807, 2.05) is 0 Å². The molecule has 0 aliphatic carbocycles. The van der Waals surface area contributed by atoms with Crippen molar-refractivity contribution in [1.29, 1.82) is 0 Å². The Bertz CT molecular complexity index is 952. The second-order valence-corrected chi connectivity index (χ2v) is 9.81. The molecule has 0 aromatic heterocycles. The molecule has 0 spiro atoms. The zero-order valence-electron chi connectivity index (χ0n) is 18.2. The van der Waals surface area contributed by atoms with Crippen molar-refractivity contribution in [2.45, 2.75) is 65.9 Å². The van der Waals surface area contributed by atoms with Crippen LogP contribution in [0.4, 0.5) is 0 Å². The van der Waals surface area contributed by atoms with Gasteiger partial charge in [-0.1, -0.05) is 49.6 Å². The molecule has 1 aliphatic heterocycles. The number of ether oxygens (including phenoxy) is 1. The summed E-state index contributed by atoms with van der Waals surface area (Å²) in [5, 5.41) is 3.44. The van der Waals surface area contributed by atoms with Crippen molar-refractivity contribution in [3.63, 3.8) is 0 Å². The summed E-state index contributed by atoms with van der Waals surface area (Å²) in [6.07, 6.45) is 2.31. The Hall–Kier alpha value is -1.83. The van der Waals surface area contributed by atoms with Gasteiger partial charge in [0.05, 0.1) is 22.5 Å². The van der Waals surface area contributed by atoms with Gasteiger partial charge in [0.15, 0.2) is 0 Å². The predicted octanol–water partition coefficient (Wildman–Crippen LogP) is 4.59. The van der Waals surface area contributed by atoms with E-state index in [-0.39, 0.29) is 16.6 Å². The van der Waals surface area contributed by atoms with E-state index in [1.54, 1.807) is 52.0 Å². The summed E-state index contributed by atoms with van der Waals surface area (Å²) in [7, 11) is -3.88. The second-order valence-electron chi connectivity index (χ2n) is 7.67. The monoisotopic (exact) mass is 454 g/mol. The van der Waals surface area contributed by atoms with Crippen molar-refractivity contribution in [3.05, 3.63) is 56.7 Å². The molecule has 2 rings (SSSR count). The Morgan fingerprint density at radius 2 is 1.87 bits per heavy atom. The zero-order chi connectivity index (χ0) is 22.5. The van der Waals surface area contributed by atoms with Gasteiger partial charge in [0.1, 0.15) is 0 Å². The van der Waals surface area contributed by atoms with Crippen molar-refractivity contribution < 1.29 is 17.9 Å². The van der Waals surface area contributed by atoms with Gasteiger partial charge >= 0.3 is 5.97 Å². The molecular formula is C22H31ClN2O4S. The number of rotatable bonds is 9. The number of carbonyl (C=O) groups excluding carboxylic acids is 1. The first kappa shape index (κ1) is 24.4. The van der Waals surface area contributed by atoms with Gasteiger partial charge in [-0.3, -0.25) is 0 Å². The molecule has 1 aromatic rings. The molecule has 0 amide bonds. The molecule has 30 heavy (non-hydrogen) atoms. The maximum Gasteiger partial charge on any atom is 0.337 e. The molecule has 1 heterocycles. The van der Waals surface area contributed by atoms with Gasteiger partial charge < -0.3 is 10.1 Å². The number of carbonyl (C=O) groups is 1. The van der Waals surface area contributed by atoms with Gasteiger partial charge in [-0.15, -0.1) is 0 Å². The maximum atomic E-state index is 13.3. The third-order valence-electron chi connectivity index (χ3n) is 4.84. The van der Waals surface area contributed by atoms with Crippen LogP contribution >= 0.6 is 11.6 Å². The number of hydrogen-bond acceptors (Lipinski definition) is 5. The Morgan fingerprint density at radius 1 is 1.20 bits per heavy atom. The number of dihydropyridines is 1. The third-order valence-corrected chi connectivity index (χ3v) is 6.89. The number of nitrogens with one attached hydrogen (secondary N) is 2. The van der Waals surface area contributed by atoms with E-state index in [4.69, 9.17) is 16.3 Å². The summed E-state index contributed by atoms with van der Waals surface area (Å²) in [6.45, 7) is 9.32. The van der Waals surface area contributed by atoms with Gasteiger partial charge in [-0.2, -0.15) is 0 Å². The number of esters is 1. The van der Waals surface area contributed by atoms with Crippen LogP contribution < -0.4 is 10.0 Å². The molecule has 2 N–H and O–H groups in total. The Labute approximate surface area is 184 Å². The molecule has 166 valence electrons. The number of allylic oxidation sites excluding steroid dienone is 3. The summed E-state index contributed by atoms with van der Waals surface area (Å²) in [5.41, 5.74) is 1.80. The smallest absolute Gasteiger partial charge is 0.337 e. The van der Waals surface area contributed by atoms with Crippen LogP contribution in [0, 0.1) is 0 Å². The van der Waals surface area contributed by atoms with Crippen LogP contribution in [-0.2, 0) is 19.6 Å². The lowest BCUT2D eigenvalue weighted by Crippen LogP contribution is -2.37. The van der Waals surface area contributed by atoms with Gasteiger partial charge in [-0.05, 0) is 45.7 Å². The third kappa shape index (κ3) is 5.65. The molecule has 8 heteroatoms. The van der Waals surface area contributed by atoms with Gasteiger partial charge in [0, 0.05) is 23.0 Å². The summed E-state index contributed by atoms with van der Waals surface area (Å²) in [5.74, 6) is -1.43. The van der Waals surface area contributed by atoms with E-state index < -0.39 is 21.9 Å². The Morgan fingerprint density at radius 3 is 2.47 bits per heavy atom. The fourth-order valence-corrected chi connectivity index (χ4v) is 5.37. The van der Waals surface area contributed by atoms with Crippen LogP contribution in [-0.4, -0.2) is 27.0 Å². The van der Waals surface area contributed by atoms with Crippen molar-refractivity contribution >= 4 is 27.6 Å². The number of benzene rings is 1. The summed E-state index contributed by atoms with van der Waals surface area (Å²) in [4.78, 5) is 13.1. The van der Waals surface area contributed by atoms with Gasteiger partial charge in [0.25, 0.3) is 0 Å². The van der Waals surface area contributed by atoms with E-state index in [9.17, 15) is 13.2 Å². The zero-order valence-corrected chi connectivity index (χ0v) is 19.8. The van der Waals surface area contributed by atoms with Crippen molar-refractivity contribution in [2.75, 3.05) is 6.54 Å². The number of halogens is 1.